The quantitative estimate of drug-likeness (QED) is 0.538. The highest BCUT2D eigenvalue weighted by molar-refractivity contribution is 5.56. The zero-order valence-electron chi connectivity index (χ0n) is 20.2. The second-order valence-electron chi connectivity index (χ2n) is 11.5. The number of benzene rings is 2. The molecular weight excluding hydrogens is 368 g/mol. The van der Waals surface area contributed by atoms with E-state index in [0.717, 1.165) is 35.1 Å². The zero-order chi connectivity index (χ0) is 22.5. The molecule has 0 spiro atoms. The monoisotopic (exact) mass is 408 g/mol. The number of aryl methyl sites for hydroxylation is 2. The van der Waals surface area contributed by atoms with Crippen LogP contribution in [0.5, 0.6) is 11.5 Å². The summed E-state index contributed by atoms with van der Waals surface area (Å²) >= 11 is 0. The zero-order valence-corrected chi connectivity index (χ0v) is 20.2. The standard InChI is InChI=1S/C28H40O2/c1-18-14-24(29)22(26(3,4)5)16-20(18)28(12-10-9-11-13-28)21-17-23(27(6,7)8)25(30)15-19(21)2/h14-17,29-30H,9-13H2,1-8H3. The van der Waals surface area contributed by atoms with E-state index in [1.54, 1.807) is 0 Å². The highest BCUT2D eigenvalue weighted by atomic mass is 16.3. The van der Waals surface area contributed by atoms with Crippen molar-refractivity contribution in [2.45, 2.75) is 104 Å². The van der Waals surface area contributed by atoms with Gasteiger partial charge in [0.15, 0.2) is 0 Å². The summed E-state index contributed by atoms with van der Waals surface area (Å²) in [6, 6.07) is 8.48. The van der Waals surface area contributed by atoms with Crippen molar-refractivity contribution in [3.8, 4) is 11.5 Å². The average molecular weight is 409 g/mol. The molecule has 0 radical (unpaired) electrons. The van der Waals surface area contributed by atoms with Gasteiger partial charge in [0, 0.05) is 5.41 Å². The van der Waals surface area contributed by atoms with Crippen molar-refractivity contribution in [2.24, 2.45) is 0 Å². The first-order chi connectivity index (χ1) is 13.8. The summed E-state index contributed by atoms with van der Waals surface area (Å²) < 4.78 is 0. The number of aromatic hydroxyl groups is 2. The minimum atomic E-state index is -0.122. The van der Waals surface area contributed by atoms with Crippen LogP contribution in [0.4, 0.5) is 0 Å². The lowest BCUT2D eigenvalue weighted by Crippen LogP contribution is -2.33. The molecule has 3 rings (SSSR count). The molecule has 30 heavy (non-hydrogen) atoms. The molecule has 0 bridgehead atoms. The lowest BCUT2D eigenvalue weighted by atomic mass is 9.62. The van der Waals surface area contributed by atoms with Crippen LogP contribution in [-0.4, -0.2) is 10.2 Å². The Labute approximate surface area is 183 Å². The third-order valence-electron chi connectivity index (χ3n) is 7.04. The fourth-order valence-electron chi connectivity index (χ4n) is 5.46. The molecule has 0 unspecified atom stereocenters. The molecule has 0 saturated heterocycles. The van der Waals surface area contributed by atoms with Gasteiger partial charge in [0.05, 0.1) is 0 Å². The van der Waals surface area contributed by atoms with Crippen LogP contribution < -0.4 is 0 Å². The summed E-state index contributed by atoms with van der Waals surface area (Å²) in [5.74, 6) is 0.792. The fraction of sp³-hybridized carbons (Fsp3) is 0.571. The lowest BCUT2D eigenvalue weighted by molar-refractivity contribution is 0.340. The van der Waals surface area contributed by atoms with Gasteiger partial charge < -0.3 is 10.2 Å². The van der Waals surface area contributed by atoms with Crippen molar-refractivity contribution in [3.05, 3.63) is 57.6 Å². The van der Waals surface area contributed by atoms with Gasteiger partial charge in [-0.25, -0.2) is 0 Å². The van der Waals surface area contributed by atoms with E-state index in [0.29, 0.717) is 11.5 Å². The normalized spacial score (nSPS) is 17.2. The van der Waals surface area contributed by atoms with Gasteiger partial charge in [0.2, 0.25) is 0 Å². The van der Waals surface area contributed by atoms with Gasteiger partial charge >= 0.3 is 0 Å². The van der Waals surface area contributed by atoms with E-state index in [1.165, 1.54) is 30.4 Å². The summed E-state index contributed by atoms with van der Waals surface area (Å²) in [7, 11) is 0. The molecule has 2 aromatic rings. The Morgan fingerprint density at radius 2 is 1.00 bits per heavy atom. The Morgan fingerprint density at radius 1 is 0.633 bits per heavy atom. The molecule has 2 nitrogen and oxygen atoms in total. The van der Waals surface area contributed by atoms with Crippen LogP contribution in [0.1, 0.15) is 107 Å². The average Bonchev–Trinajstić information content (AvgIpc) is 2.60. The maximum Gasteiger partial charge on any atom is 0.119 e. The van der Waals surface area contributed by atoms with Crippen molar-refractivity contribution in [3.63, 3.8) is 0 Å². The summed E-state index contributed by atoms with van der Waals surface area (Å²) in [5, 5.41) is 21.4. The van der Waals surface area contributed by atoms with E-state index < -0.39 is 0 Å². The van der Waals surface area contributed by atoms with Crippen molar-refractivity contribution in [2.75, 3.05) is 0 Å². The number of phenolic OH excluding ortho intramolecular Hbond substituents is 2. The van der Waals surface area contributed by atoms with Gasteiger partial charge in [-0.05, 0) is 83.0 Å². The van der Waals surface area contributed by atoms with Crippen LogP contribution in [0, 0.1) is 13.8 Å². The van der Waals surface area contributed by atoms with E-state index in [9.17, 15) is 10.2 Å². The first-order valence-electron chi connectivity index (χ1n) is 11.5. The molecule has 1 aliphatic carbocycles. The summed E-state index contributed by atoms with van der Waals surface area (Å²) in [6.45, 7) is 17.3. The molecule has 164 valence electrons. The van der Waals surface area contributed by atoms with E-state index >= 15 is 0 Å². The molecule has 0 aromatic heterocycles. The van der Waals surface area contributed by atoms with E-state index in [2.05, 4.69) is 67.5 Å². The van der Waals surface area contributed by atoms with Gasteiger partial charge in [0.1, 0.15) is 11.5 Å². The first-order valence-corrected chi connectivity index (χ1v) is 11.5. The molecule has 1 saturated carbocycles. The smallest absolute Gasteiger partial charge is 0.119 e. The van der Waals surface area contributed by atoms with Gasteiger partial charge in [0.25, 0.3) is 0 Å². The maximum atomic E-state index is 10.7. The molecule has 1 aliphatic rings. The molecule has 2 heteroatoms. The van der Waals surface area contributed by atoms with E-state index in [4.69, 9.17) is 0 Å². The lowest BCUT2D eigenvalue weighted by Gasteiger charge is -2.42. The molecule has 0 atom stereocenters. The Bertz CT molecular complexity index is 861. The highest BCUT2D eigenvalue weighted by Gasteiger charge is 2.40. The Morgan fingerprint density at radius 3 is 1.33 bits per heavy atom. The SMILES string of the molecule is Cc1cc(O)c(C(C)(C)C)cc1C1(c2cc(C(C)(C)C)c(O)cc2C)CCCCC1. The Balaban J connectivity index is 2.34. The van der Waals surface area contributed by atoms with Gasteiger partial charge in [-0.1, -0.05) is 72.9 Å². The van der Waals surface area contributed by atoms with Gasteiger partial charge in [-0.15, -0.1) is 0 Å². The topological polar surface area (TPSA) is 40.5 Å². The second-order valence-corrected chi connectivity index (χ2v) is 11.5. The predicted molar refractivity (Wildman–Crippen MR) is 127 cm³/mol. The van der Waals surface area contributed by atoms with E-state index in [-0.39, 0.29) is 16.2 Å². The van der Waals surface area contributed by atoms with Crippen molar-refractivity contribution >= 4 is 0 Å². The molecule has 0 heterocycles. The van der Waals surface area contributed by atoms with Crippen LogP contribution in [0.15, 0.2) is 24.3 Å². The predicted octanol–water partition coefficient (Wildman–Crippen LogP) is 7.56. The van der Waals surface area contributed by atoms with Crippen molar-refractivity contribution < 1.29 is 10.2 Å². The van der Waals surface area contributed by atoms with Gasteiger partial charge in [-0.2, -0.15) is 0 Å². The largest absolute Gasteiger partial charge is 0.508 e. The summed E-state index contributed by atoms with van der Waals surface area (Å²) in [4.78, 5) is 0. The number of phenols is 2. The molecule has 0 amide bonds. The second kappa shape index (κ2) is 7.62. The van der Waals surface area contributed by atoms with Crippen molar-refractivity contribution in [1.29, 1.82) is 0 Å². The van der Waals surface area contributed by atoms with Crippen LogP contribution in [-0.2, 0) is 16.2 Å². The maximum absolute atomic E-state index is 10.7. The molecule has 1 fully saturated rings. The number of rotatable bonds is 2. The highest BCUT2D eigenvalue weighted by Crippen LogP contribution is 2.50. The summed E-state index contributed by atoms with van der Waals surface area (Å²) in [5.41, 5.74) is 6.72. The first kappa shape index (κ1) is 22.7. The van der Waals surface area contributed by atoms with Crippen LogP contribution in [0.3, 0.4) is 0 Å². The van der Waals surface area contributed by atoms with Crippen LogP contribution in [0.25, 0.3) is 0 Å². The third kappa shape index (κ3) is 3.98. The minimum absolute atomic E-state index is 0.0756. The Kier molecular flexibility index (Phi) is 5.77. The minimum Gasteiger partial charge on any atom is -0.508 e. The van der Waals surface area contributed by atoms with Crippen molar-refractivity contribution in [1.82, 2.24) is 0 Å². The molecule has 2 N–H and O–H groups in total. The molecular formula is C28H40O2. The number of hydrogen-bond donors (Lipinski definition) is 2. The van der Waals surface area contributed by atoms with Crippen LogP contribution in [0.2, 0.25) is 0 Å². The molecule has 0 aliphatic heterocycles. The third-order valence-corrected chi connectivity index (χ3v) is 7.04. The van der Waals surface area contributed by atoms with E-state index in [1.807, 2.05) is 12.1 Å². The fourth-order valence-corrected chi connectivity index (χ4v) is 5.46. The Hall–Kier alpha value is -1.96. The van der Waals surface area contributed by atoms with Gasteiger partial charge in [-0.3, -0.25) is 0 Å². The molecule has 2 aromatic carbocycles. The number of hydrogen-bond acceptors (Lipinski definition) is 2. The summed E-state index contributed by atoms with van der Waals surface area (Å²) in [6.07, 6.45) is 5.90. The van der Waals surface area contributed by atoms with Crippen LogP contribution >= 0.6 is 0 Å².